The molecule has 0 spiro atoms. The van der Waals surface area contributed by atoms with Gasteiger partial charge in [-0.1, -0.05) is 6.58 Å². The van der Waals surface area contributed by atoms with E-state index in [0.29, 0.717) is 6.07 Å². The van der Waals surface area contributed by atoms with Gasteiger partial charge in [0.05, 0.1) is 11.3 Å². The number of aromatic nitrogens is 3. The normalized spacial score (nSPS) is 18.1. The molecule has 0 aromatic carbocycles. The highest BCUT2D eigenvalue weighted by molar-refractivity contribution is 5.63. The summed E-state index contributed by atoms with van der Waals surface area (Å²) in [6.07, 6.45) is -11.8. The summed E-state index contributed by atoms with van der Waals surface area (Å²) < 4.78 is 107. The highest BCUT2D eigenvalue weighted by Crippen LogP contribution is 2.37. The van der Waals surface area contributed by atoms with Crippen LogP contribution in [-0.4, -0.2) is 56.3 Å². The smallest absolute Gasteiger partial charge is 0.383 e. The summed E-state index contributed by atoms with van der Waals surface area (Å²) in [6.45, 7) is 4.07. The molecule has 34 heavy (non-hydrogen) atoms. The van der Waals surface area contributed by atoms with Crippen molar-refractivity contribution in [2.45, 2.75) is 43.6 Å². The minimum atomic E-state index is -5.12. The number of aliphatic hydroxyl groups is 1. The predicted octanol–water partition coefficient (Wildman–Crippen LogP) is 4.73. The second-order valence-electron chi connectivity index (χ2n) is 7.97. The number of anilines is 1. The van der Waals surface area contributed by atoms with Gasteiger partial charge in [0.25, 0.3) is 5.92 Å². The maximum atomic E-state index is 13.3. The number of imidazole rings is 1. The number of hydrogen-bond donors (Lipinski definition) is 2. The lowest BCUT2D eigenvalue weighted by Gasteiger charge is -2.31. The van der Waals surface area contributed by atoms with Crippen LogP contribution in [0, 0.1) is 0 Å². The lowest BCUT2D eigenvalue weighted by atomic mass is 10.1. The molecule has 1 unspecified atom stereocenters. The summed E-state index contributed by atoms with van der Waals surface area (Å²) in [6, 6.07) is 0.593. The van der Waals surface area contributed by atoms with Crippen LogP contribution in [0.1, 0.15) is 36.8 Å². The van der Waals surface area contributed by atoms with Crippen molar-refractivity contribution in [1.29, 1.82) is 0 Å². The van der Waals surface area contributed by atoms with E-state index in [4.69, 9.17) is 5.73 Å². The van der Waals surface area contributed by atoms with E-state index >= 15 is 0 Å². The molecular weight excluding hydrogens is 478 g/mol. The number of nitrogens with two attached hydrogens (primary N) is 1. The third kappa shape index (κ3) is 5.84. The molecular formula is C20H21F8N5O. The average molecular weight is 499 g/mol. The van der Waals surface area contributed by atoms with Crippen LogP contribution in [-0.2, 0) is 6.18 Å². The minimum absolute atomic E-state index is 0.0345. The molecule has 3 heterocycles. The van der Waals surface area contributed by atoms with E-state index in [9.17, 15) is 40.2 Å². The number of alkyl halides is 8. The van der Waals surface area contributed by atoms with Gasteiger partial charge in [0.2, 0.25) is 6.10 Å². The minimum Gasteiger partial charge on any atom is -0.383 e. The van der Waals surface area contributed by atoms with E-state index in [1.807, 2.05) is 0 Å². The molecule has 0 bridgehead atoms. The zero-order chi connectivity index (χ0) is 25.5. The lowest BCUT2D eigenvalue weighted by Crippen LogP contribution is -2.39. The maximum Gasteiger partial charge on any atom is 0.421 e. The highest BCUT2D eigenvalue weighted by Gasteiger charge is 2.43. The van der Waals surface area contributed by atoms with Gasteiger partial charge < -0.3 is 20.3 Å². The van der Waals surface area contributed by atoms with Gasteiger partial charge in [0.1, 0.15) is 5.82 Å². The first-order valence-electron chi connectivity index (χ1n) is 10.0. The summed E-state index contributed by atoms with van der Waals surface area (Å²) >= 11 is 0. The standard InChI is InChI=1S/C20H21F8N5O/c1-11(2-5-32-6-3-18(21,22)4-7-32)33-10-14(31-17(33)15(34)20(26,27)28)12-8-13(19(23,24)25)16(29)30-9-12/h8-10,15,34H,1-7H2,(H2,29,30). The molecule has 188 valence electrons. The monoisotopic (exact) mass is 499 g/mol. The van der Waals surface area contributed by atoms with Crippen molar-refractivity contribution in [2.24, 2.45) is 0 Å². The van der Waals surface area contributed by atoms with Gasteiger partial charge in [-0.25, -0.2) is 18.7 Å². The molecule has 0 aliphatic carbocycles. The molecule has 1 aliphatic heterocycles. The number of nitrogens with zero attached hydrogens (tertiary/aromatic N) is 4. The Morgan fingerprint density at radius 2 is 1.79 bits per heavy atom. The molecule has 6 nitrogen and oxygen atoms in total. The molecule has 1 aliphatic rings. The number of aliphatic hydroxyl groups excluding tert-OH is 1. The topological polar surface area (TPSA) is 80.2 Å². The predicted molar refractivity (Wildman–Crippen MR) is 106 cm³/mol. The highest BCUT2D eigenvalue weighted by atomic mass is 19.4. The molecule has 3 N–H and O–H groups in total. The van der Waals surface area contributed by atoms with E-state index < -0.39 is 41.6 Å². The number of piperidine rings is 1. The third-order valence-electron chi connectivity index (χ3n) is 5.45. The molecule has 1 fully saturated rings. The fraction of sp³-hybridized carbons (Fsp3) is 0.500. The third-order valence-corrected chi connectivity index (χ3v) is 5.45. The van der Waals surface area contributed by atoms with Crippen LogP contribution in [0.25, 0.3) is 17.0 Å². The number of likely N-dealkylation sites (tertiary alicyclic amines) is 1. The van der Waals surface area contributed by atoms with Crippen molar-refractivity contribution < 1.29 is 40.2 Å². The Kier molecular flexibility index (Phi) is 6.95. The first-order valence-corrected chi connectivity index (χ1v) is 10.0. The molecule has 0 saturated carbocycles. The first-order chi connectivity index (χ1) is 15.6. The number of halogens is 8. The van der Waals surface area contributed by atoms with Gasteiger partial charge in [-0.15, -0.1) is 0 Å². The Labute approximate surface area is 188 Å². The maximum absolute atomic E-state index is 13.3. The zero-order valence-electron chi connectivity index (χ0n) is 17.6. The van der Waals surface area contributed by atoms with Crippen molar-refractivity contribution in [2.75, 3.05) is 25.4 Å². The average Bonchev–Trinajstić information content (AvgIpc) is 3.16. The molecule has 1 atom stereocenters. The number of nitrogen functional groups attached to an aromatic ring is 1. The van der Waals surface area contributed by atoms with Crippen LogP contribution in [0.4, 0.5) is 40.9 Å². The lowest BCUT2D eigenvalue weighted by molar-refractivity contribution is -0.209. The van der Waals surface area contributed by atoms with Crippen molar-refractivity contribution in [3.8, 4) is 11.3 Å². The second kappa shape index (κ2) is 9.13. The van der Waals surface area contributed by atoms with E-state index in [2.05, 4.69) is 16.5 Å². The molecule has 1 saturated heterocycles. The molecule has 0 radical (unpaired) electrons. The van der Waals surface area contributed by atoms with Crippen LogP contribution in [0.3, 0.4) is 0 Å². The molecule has 3 rings (SSSR count). The van der Waals surface area contributed by atoms with Crippen LogP contribution in [0.5, 0.6) is 0 Å². The Hall–Kier alpha value is -2.74. The van der Waals surface area contributed by atoms with Gasteiger partial charge >= 0.3 is 12.4 Å². The Morgan fingerprint density at radius 1 is 1.18 bits per heavy atom. The van der Waals surface area contributed by atoms with E-state index in [-0.39, 0.29) is 55.9 Å². The van der Waals surface area contributed by atoms with Gasteiger partial charge in [-0.2, -0.15) is 26.3 Å². The second-order valence-corrected chi connectivity index (χ2v) is 7.97. The summed E-state index contributed by atoms with van der Waals surface area (Å²) in [5.74, 6) is -4.48. The van der Waals surface area contributed by atoms with E-state index in [0.717, 1.165) is 17.0 Å². The van der Waals surface area contributed by atoms with Gasteiger partial charge in [-0.05, 0) is 6.07 Å². The first kappa shape index (κ1) is 25.9. The largest absolute Gasteiger partial charge is 0.421 e. The Balaban J connectivity index is 1.90. The summed E-state index contributed by atoms with van der Waals surface area (Å²) in [4.78, 5) is 8.84. The fourth-order valence-electron chi connectivity index (χ4n) is 3.48. The summed E-state index contributed by atoms with van der Waals surface area (Å²) in [7, 11) is 0. The molecule has 0 amide bonds. The van der Waals surface area contributed by atoms with Gasteiger partial charge in [0, 0.05) is 62.6 Å². The van der Waals surface area contributed by atoms with E-state index in [1.54, 1.807) is 4.90 Å². The van der Waals surface area contributed by atoms with Gasteiger partial charge in [-0.3, -0.25) is 0 Å². The zero-order valence-corrected chi connectivity index (χ0v) is 17.6. The van der Waals surface area contributed by atoms with Crippen LogP contribution < -0.4 is 5.73 Å². The Bertz CT molecular complexity index is 1040. The SMILES string of the molecule is C=C(CCN1CCC(F)(F)CC1)n1cc(-c2cnc(N)c(C(F)(F)F)c2)nc1C(O)C(F)(F)F. The quantitative estimate of drug-likeness (QED) is 0.562. The van der Waals surface area contributed by atoms with Crippen LogP contribution in [0.2, 0.25) is 0 Å². The molecule has 14 heteroatoms. The van der Waals surface area contributed by atoms with Crippen molar-refractivity contribution in [1.82, 2.24) is 19.4 Å². The van der Waals surface area contributed by atoms with E-state index in [1.165, 1.54) is 0 Å². The van der Waals surface area contributed by atoms with Crippen LogP contribution >= 0.6 is 0 Å². The molecule has 2 aromatic rings. The number of hydrogen-bond acceptors (Lipinski definition) is 5. The van der Waals surface area contributed by atoms with Crippen molar-refractivity contribution in [3.63, 3.8) is 0 Å². The van der Waals surface area contributed by atoms with Crippen molar-refractivity contribution >= 4 is 11.5 Å². The summed E-state index contributed by atoms with van der Waals surface area (Å²) in [5, 5.41) is 9.79. The van der Waals surface area contributed by atoms with Crippen molar-refractivity contribution in [3.05, 3.63) is 36.4 Å². The van der Waals surface area contributed by atoms with Crippen LogP contribution in [0.15, 0.2) is 25.0 Å². The number of pyridine rings is 1. The number of rotatable bonds is 6. The van der Waals surface area contributed by atoms with Gasteiger partial charge in [0.15, 0.2) is 5.82 Å². The molecule has 2 aromatic heterocycles. The summed E-state index contributed by atoms with van der Waals surface area (Å²) in [5.41, 5.74) is 3.40. The fourth-order valence-corrected chi connectivity index (χ4v) is 3.48. The Morgan fingerprint density at radius 3 is 2.35 bits per heavy atom.